The van der Waals surface area contributed by atoms with E-state index in [1.54, 1.807) is 24.1 Å². The second-order valence-electron chi connectivity index (χ2n) is 4.66. The molecule has 0 bridgehead atoms. The molecule has 20 heavy (non-hydrogen) atoms. The molecule has 0 aliphatic heterocycles. The van der Waals surface area contributed by atoms with Crippen molar-refractivity contribution in [3.8, 4) is 0 Å². The summed E-state index contributed by atoms with van der Waals surface area (Å²) >= 11 is 0. The van der Waals surface area contributed by atoms with Crippen LogP contribution < -0.4 is 5.73 Å². The lowest BCUT2D eigenvalue weighted by Gasteiger charge is -2.17. The van der Waals surface area contributed by atoms with Gasteiger partial charge in [0.2, 0.25) is 0 Å². The monoisotopic (exact) mass is 295 g/mol. The third kappa shape index (κ3) is 3.51. The minimum absolute atomic E-state index is 0. The van der Waals surface area contributed by atoms with Gasteiger partial charge in [-0.05, 0) is 31.5 Å². The standard InChI is InChI=1S/C14H17N3O2.ClH/c1-9-4-5-11(15)7-13(9)14(18)17(3)8-12-6-10(2)19-16-12;/h4-7H,8,15H2,1-3H3;1H. The molecule has 108 valence electrons. The SMILES string of the molecule is Cc1cc(CN(C)C(=O)c2cc(N)ccc2C)no1.Cl. The van der Waals surface area contributed by atoms with Crippen LogP contribution in [0.1, 0.15) is 27.4 Å². The number of hydrogen-bond donors (Lipinski definition) is 1. The summed E-state index contributed by atoms with van der Waals surface area (Å²) in [6.45, 7) is 4.12. The molecular weight excluding hydrogens is 278 g/mol. The minimum atomic E-state index is -0.0783. The van der Waals surface area contributed by atoms with Gasteiger partial charge in [-0.2, -0.15) is 0 Å². The number of nitrogens with zero attached hydrogens (tertiary/aromatic N) is 2. The van der Waals surface area contributed by atoms with Crippen molar-refractivity contribution in [3.63, 3.8) is 0 Å². The lowest BCUT2D eigenvalue weighted by Crippen LogP contribution is -2.27. The number of aryl methyl sites for hydroxylation is 2. The van der Waals surface area contributed by atoms with Crippen LogP contribution in [0.5, 0.6) is 0 Å². The van der Waals surface area contributed by atoms with Gasteiger partial charge in [-0.25, -0.2) is 0 Å². The predicted octanol–water partition coefficient (Wildman–Crippen LogP) is 2.57. The summed E-state index contributed by atoms with van der Waals surface area (Å²) in [5.41, 5.74) is 8.56. The highest BCUT2D eigenvalue weighted by molar-refractivity contribution is 5.96. The Kier molecular flexibility index (Phi) is 5.16. The summed E-state index contributed by atoms with van der Waals surface area (Å²) < 4.78 is 4.99. The molecule has 0 aliphatic carbocycles. The second kappa shape index (κ2) is 6.43. The predicted molar refractivity (Wildman–Crippen MR) is 79.9 cm³/mol. The van der Waals surface area contributed by atoms with E-state index in [0.717, 1.165) is 17.0 Å². The number of carbonyl (C=O) groups is 1. The van der Waals surface area contributed by atoms with Gasteiger partial charge >= 0.3 is 0 Å². The van der Waals surface area contributed by atoms with Crippen LogP contribution in [-0.4, -0.2) is 23.0 Å². The molecule has 0 fully saturated rings. The Bertz CT molecular complexity index is 610. The van der Waals surface area contributed by atoms with Crippen LogP contribution in [0.15, 0.2) is 28.8 Å². The Morgan fingerprint density at radius 2 is 2.05 bits per heavy atom. The topological polar surface area (TPSA) is 72.4 Å². The van der Waals surface area contributed by atoms with E-state index in [2.05, 4.69) is 5.16 Å². The van der Waals surface area contributed by atoms with E-state index in [-0.39, 0.29) is 18.3 Å². The van der Waals surface area contributed by atoms with E-state index >= 15 is 0 Å². The number of benzene rings is 1. The number of amides is 1. The van der Waals surface area contributed by atoms with Gasteiger partial charge in [-0.1, -0.05) is 11.2 Å². The molecule has 0 saturated carbocycles. The van der Waals surface area contributed by atoms with Crippen LogP contribution in [0.3, 0.4) is 0 Å². The Balaban J connectivity index is 0.00000200. The molecule has 1 amide bonds. The van der Waals surface area contributed by atoms with Crippen molar-refractivity contribution in [3.05, 3.63) is 46.8 Å². The third-order valence-electron chi connectivity index (χ3n) is 2.91. The van der Waals surface area contributed by atoms with Gasteiger partial charge in [0.05, 0.1) is 6.54 Å². The van der Waals surface area contributed by atoms with Crippen molar-refractivity contribution < 1.29 is 9.32 Å². The molecule has 1 heterocycles. The van der Waals surface area contributed by atoms with Crippen molar-refractivity contribution >= 4 is 24.0 Å². The largest absolute Gasteiger partial charge is 0.399 e. The van der Waals surface area contributed by atoms with Gasteiger partial charge in [0.25, 0.3) is 5.91 Å². The molecule has 2 rings (SSSR count). The molecule has 6 heteroatoms. The minimum Gasteiger partial charge on any atom is -0.399 e. The van der Waals surface area contributed by atoms with Crippen LogP contribution in [0, 0.1) is 13.8 Å². The number of rotatable bonds is 3. The molecule has 2 N–H and O–H groups in total. The molecule has 0 spiro atoms. The Hall–Kier alpha value is -2.01. The van der Waals surface area contributed by atoms with E-state index in [1.807, 2.05) is 26.0 Å². The van der Waals surface area contributed by atoms with Crippen molar-refractivity contribution in [1.82, 2.24) is 10.1 Å². The van der Waals surface area contributed by atoms with Crippen LogP contribution in [0.4, 0.5) is 5.69 Å². The first-order chi connectivity index (χ1) is 8.97. The number of nitrogens with two attached hydrogens (primary N) is 1. The number of nitrogen functional groups attached to an aromatic ring is 1. The molecule has 1 aromatic carbocycles. The molecule has 0 radical (unpaired) electrons. The summed E-state index contributed by atoms with van der Waals surface area (Å²) in [5.74, 6) is 0.654. The second-order valence-corrected chi connectivity index (χ2v) is 4.66. The van der Waals surface area contributed by atoms with Gasteiger partial charge in [-0.15, -0.1) is 12.4 Å². The zero-order valence-electron chi connectivity index (χ0n) is 11.7. The zero-order valence-corrected chi connectivity index (χ0v) is 12.5. The molecule has 0 aliphatic rings. The molecule has 0 atom stereocenters. The van der Waals surface area contributed by atoms with E-state index in [0.29, 0.717) is 17.8 Å². The average Bonchev–Trinajstić information content (AvgIpc) is 2.77. The van der Waals surface area contributed by atoms with Crippen LogP contribution in [0.25, 0.3) is 0 Å². The number of halogens is 1. The van der Waals surface area contributed by atoms with E-state index in [9.17, 15) is 4.79 Å². The number of hydrogen-bond acceptors (Lipinski definition) is 4. The number of anilines is 1. The number of aromatic nitrogens is 1. The van der Waals surface area contributed by atoms with Gasteiger partial charge in [0, 0.05) is 24.4 Å². The first-order valence-corrected chi connectivity index (χ1v) is 6.01. The molecule has 5 nitrogen and oxygen atoms in total. The van der Waals surface area contributed by atoms with Crippen LogP contribution in [0.2, 0.25) is 0 Å². The summed E-state index contributed by atoms with van der Waals surface area (Å²) in [7, 11) is 1.73. The smallest absolute Gasteiger partial charge is 0.254 e. The highest BCUT2D eigenvalue weighted by Crippen LogP contribution is 2.15. The van der Waals surface area contributed by atoms with E-state index < -0.39 is 0 Å². The highest BCUT2D eigenvalue weighted by Gasteiger charge is 2.16. The normalized spacial score (nSPS) is 9.95. The van der Waals surface area contributed by atoms with Crippen LogP contribution >= 0.6 is 12.4 Å². The van der Waals surface area contributed by atoms with E-state index in [4.69, 9.17) is 10.3 Å². The maximum atomic E-state index is 12.3. The fourth-order valence-electron chi connectivity index (χ4n) is 1.88. The quantitative estimate of drug-likeness (QED) is 0.883. The number of carbonyl (C=O) groups excluding carboxylic acids is 1. The Labute approximate surface area is 124 Å². The van der Waals surface area contributed by atoms with E-state index in [1.165, 1.54) is 0 Å². The fourth-order valence-corrected chi connectivity index (χ4v) is 1.88. The van der Waals surface area contributed by atoms with Crippen molar-refractivity contribution in [2.75, 3.05) is 12.8 Å². The third-order valence-corrected chi connectivity index (χ3v) is 2.91. The summed E-state index contributed by atoms with van der Waals surface area (Å²) in [6.07, 6.45) is 0. The summed E-state index contributed by atoms with van der Waals surface area (Å²) in [4.78, 5) is 13.9. The Morgan fingerprint density at radius 3 is 2.65 bits per heavy atom. The fraction of sp³-hybridized carbons (Fsp3) is 0.286. The van der Waals surface area contributed by atoms with Gasteiger partial charge in [0.15, 0.2) is 0 Å². The van der Waals surface area contributed by atoms with Crippen molar-refractivity contribution in [2.24, 2.45) is 0 Å². The molecule has 0 unspecified atom stereocenters. The highest BCUT2D eigenvalue weighted by atomic mass is 35.5. The van der Waals surface area contributed by atoms with Gasteiger partial charge < -0.3 is 15.2 Å². The maximum Gasteiger partial charge on any atom is 0.254 e. The first-order valence-electron chi connectivity index (χ1n) is 6.01. The summed E-state index contributed by atoms with van der Waals surface area (Å²) in [6, 6.07) is 7.14. The maximum absolute atomic E-state index is 12.3. The molecule has 0 saturated heterocycles. The lowest BCUT2D eigenvalue weighted by atomic mass is 10.1. The summed E-state index contributed by atoms with van der Waals surface area (Å²) in [5, 5.41) is 3.88. The molecular formula is C14H18ClN3O2. The lowest BCUT2D eigenvalue weighted by molar-refractivity contribution is 0.0781. The Morgan fingerprint density at radius 1 is 1.35 bits per heavy atom. The molecule has 2 aromatic rings. The zero-order chi connectivity index (χ0) is 14.0. The van der Waals surface area contributed by atoms with Crippen LogP contribution in [-0.2, 0) is 6.54 Å². The first kappa shape index (κ1) is 16.0. The van der Waals surface area contributed by atoms with Gasteiger partial charge in [-0.3, -0.25) is 4.79 Å². The van der Waals surface area contributed by atoms with Crippen molar-refractivity contribution in [1.29, 1.82) is 0 Å². The van der Waals surface area contributed by atoms with Gasteiger partial charge in [0.1, 0.15) is 11.5 Å². The average molecular weight is 296 g/mol. The molecule has 1 aromatic heterocycles. The van der Waals surface area contributed by atoms with Crippen molar-refractivity contribution in [2.45, 2.75) is 20.4 Å².